The van der Waals surface area contributed by atoms with Gasteiger partial charge in [0.2, 0.25) is 0 Å². The molecule has 0 N–H and O–H groups in total. The van der Waals surface area contributed by atoms with Crippen LogP contribution in [0.3, 0.4) is 0 Å². The Bertz CT molecular complexity index is 5150. The van der Waals surface area contributed by atoms with Crippen LogP contribution in [0.1, 0.15) is 61.2 Å². The molecule has 0 amide bonds. The molecule has 15 aromatic rings. The Morgan fingerprint density at radius 2 is 0.636 bits per heavy atom. The van der Waals surface area contributed by atoms with Gasteiger partial charge in [-0.2, -0.15) is 0 Å². The largest absolute Gasteiger partial charge is 0.309 e. The van der Waals surface area contributed by atoms with E-state index in [0.717, 1.165) is 11.1 Å². The van der Waals surface area contributed by atoms with Gasteiger partial charge in [-0.15, -0.1) is 0 Å². The minimum atomic E-state index is -0.592. The molecule has 2 aliphatic rings. The molecule has 0 aliphatic heterocycles. The van der Waals surface area contributed by atoms with Crippen LogP contribution in [-0.2, 0) is 10.8 Å². The molecule has 0 saturated carbocycles. The molecule has 0 saturated heterocycles. The average Bonchev–Trinajstić information content (AvgIpc) is 1.55. The second kappa shape index (κ2) is 20.6. The van der Waals surface area contributed by atoms with E-state index in [2.05, 4.69) is 351 Å². The molecule has 1 nitrogen and oxygen atoms in total. The highest BCUT2D eigenvalue weighted by molar-refractivity contribution is 6.11. The molecule has 412 valence electrons. The molecular formula is C87H59N. The maximum atomic E-state index is 2.51. The molecule has 17 rings (SSSR count). The Morgan fingerprint density at radius 3 is 1.14 bits per heavy atom. The van der Waals surface area contributed by atoms with E-state index in [4.69, 9.17) is 0 Å². The molecule has 0 atom stereocenters. The first-order valence-electron chi connectivity index (χ1n) is 30.7. The van der Waals surface area contributed by atoms with Crippen molar-refractivity contribution < 1.29 is 0 Å². The lowest BCUT2D eigenvalue weighted by atomic mass is 9.66. The summed E-state index contributed by atoms with van der Waals surface area (Å²) in [5, 5.41) is 5.00. The van der Waals surface area contributed by atoms with E-state index in [0.29, 0.717) is 0 Å². The summed E-state index contributed by atoms with van der Waals surface area (Å²) in [7, 11) is 0. The number of benzene rings is 14. The van der Waals surface area contributed by atoms with Gasteiger partial charge in [0.25, 0.3) is 0 Å². The molecule has 0 radical (unpaired) electrons. The fourth-order valence-corrected chi connectivity index (χ4v) is 15.1. The van der Waals surface area contributed by atoms with Crippen LogP contribution in [0, 0.1) is 6.92 Å². The highest BCUT2D eigenvalue weighted by atomic mass is 15.0. The van der Waals surface area contributed by atoms with Gasteiger partial charge in [0, 0.05) is 16.5 Å². The van der Waals surface area contributed by atoms with Crippen LogP contribution in [0.25, 0.3) is 106 Å². The van der Waals surface area contributed by atoms with E-state index in [-0.39, 0.29) is 0 Å². The normalized spacial score (nSPS) is 13.4. The molecular weight excluding hydrogens is 1060 g/mol. The van der Waals surface area contributed by atoms with Gasteiger partial charge in [-0.1, -0.05) is 297 Å². The lowest BCUT2D eigenvalue weighted by Crippen LogP contribution is -2.29. The third kappa shape index (κ3) is 8.01. The Kier molecular flexibility index (Phi) is 12.0. The van der Waals surface area contributed by atoms with Crippen LogP contribution in [-0.4, -0.2) is 4.57 Å². The Balaban J connectivity index is 0.703. The average molecular weight is 1120 g/mol. The highest BCUT2D eigenvalue weighted by Crippen LogP contribution is 2.60. The standard InChI is InChI=1S/C87H59N/c1-58-30-47-74-75-49-43-67(56-82(75)86(80(74)52-58,69-20-6-2-7-21-69)70-22-8-3-9-23-70)68-44-50-77-76-48-42-66(55-81(76)87(83(77)57-68,71-24-10-4-11-25-71)72-26-12-5-13-27-72)63-39-35-60(36-40-63)32-31-59-33-37-62(38-34-59)65-45-51-85-79(54-65)78-28-16-17-29-84(78)88(85)73-46-41-61-18-14-15-19-64(61)53-73/h2-57H,1H3. The van der Waals surface area contributed by atoms with Crippen molar-refractivity contribution in [1.82, 2.24) is 4.57 Å². The molecule has 1 heterocycles. The summed E-state index contributed by atoms with van der Waals surface area (Å²) in [6.07, 6.45) is 4.45. The Hall–Kier alpha value is -11.1. The van der Waals surface area contributed by atoms with Crippen LogP contribution < -0.4 is 0 Å². The smallest absolute Gasteiger partial charge is 0.0713 e. The minimum absolute atomic E-state index is 0.499. The number of aryl methyl sites for hydroxylation is 1. The van der Waals surface area contributed by atoms with E-state index in [1.807, 2.05) is 0 Å². The summed E-state index contributed by atoms with van der Waals surface area (Å²) >= 11 is 0. The number of aromatic nitrogens is 1. The van der Waals surface area contributed by atoms with Crippen LogP contribution >= 0.6 is 0 Å². The van der Waals surface area contributed by atoms with Crippen molar-refractivity contribution >= 4 is 44.7 Å². The third-order valence-corrected chi connectivity index (χ3v) is 19.2. The highest BCUT2D eigenvalue weighted by Gasteiger charge is 2.48. The topological polar surface area (TPSA) is 4.93 Å². The summed E-state index contributed by atoms with van der Waals surface area (Å²) < 4.78 is 2.40. The van der Waals surface area contributed by atoms with E-state index in [1.54, 1.807) is 0 Å². The van der Waals surface area contributed by atoms with Gasteiger partial charge in [0.1, 0.15) is 0 Å². The summed E-state index contributed by atoms with van der Waals surface area (Å²) in [4.78, 5) is 0. The zero-order valence-corrected chi connectivity index (χ0v) is 48.8. The van der Waals surface area contributed by atoms with E-state index >= 15 is 0 Å². The van der Waals surface area contributed by atoms with Gasteiger partial charge in [-0.05, 0) is 177 Å². The second-order valence-corrected chi connectivity index (χ2v) is 24.0. The second-order valence-electron chi connectivity index (χ2n) is 24.0. The third-order valence-electron chi connectivity index (χ3n) is 19.2. The van der Waals surface area contributed by atoms with Crippen molar-refractivity contribution in [3.63, 3.8) is 0 Å². The first kappa shape index (κ1) is 51.3. The fourth-order valence-electron chi connectivity index (χ4n) is 15.1. The molecule has 0 bridgehead atoms. The maximum absolute atomic E-state index is 2.51. The zero-order valence-electron chi connectivity index (χ0n) is 48.8. The number of hydrogen-bond acceptors (Lipinski definition) is 0. The van der Waals surface area contributed by atoms with Crippen molar-refractivity contribution in [3.8, 4) is 61.3 Å². The van der Waals surface area contributed by atoms with Gasteiger partial charge in [-0.3, -0.25) is 0 Å². The lowest BCUT2D eigenvalue weighted by molar-refractivity contribution is 0.767. The summed E-state index contributed by atoms with van der Waals surface area (Å²) in [5.41, 5.74) is 28.6. The number of fused-ring (bicyclic) bond motifs is 10. The Morgan fingerprint density at radius 1 is 0.261 bits per heavy atom. The molecule has 14 aromatic carbocycles. The first-order valence-corrected chi connectivity index (χ1v) is 30.7. The Labute approximate surface area is 514 Å². The molecule has 0 fully saturated rings. The summed E-state index contributed by atoms with van der Waals surface area (Å²) in [6, 6.07) is 122. The first-order chi connectivity index (χ1) is 43.5. The van der Waals surface area contributed by atoms with Gasteiger partial charge in [0.05, 0.1) is 21.9 Å². The molecule has 1 heteroatoms. The molecule has 88 heavy (non-hydrogen) atoms. The lowest BCUT2D eigenvalue weighted by Gasteiger charge is -2.35. The van der Waals surface area contributed by atoms with Crippen molar-refractivity contribution in [2.45, 2.75) is 17.8 Å². The van der Waals surface area contributed by atoms with Crippen molar-refractivity contribution in [3.05, 3.63) is 389 Å². The van der Waals surface area contributed by atoms with Crippen LogP contribution in [0.2, 0.25) is 0 Å². The summed E-state index contributed by atoms with van der Waals surface area (Å²) in [5.74, 6) is 0. The number of nitrogens with zero attached hydrogens (tertiary/aromatic N) is 1. The summed E-state index contributed by atoms with van der Waals surface area (Å²) in [6.45, 7) is 2.22. The van der Waals surface area contributed by atoms with Crippen LogP contribution in [0.15, 0.2) is 328 Å². The predicted molar refractivity (Wildman–Crippen MR) is 369 cm³/mol. The minimum Gasteiger partial charge on any atom is -0.309 e. The fraction of sp³-hybridized carbons (Fsp3) is 0.0345. The monoisotopic (exact) mass is 1120 g/mol. The quantitative estimate of drug-likeness (QED) is 0.120. The molecule has 2 aliphatic carbocycles. The van der Waals surface area contributed by atoms with Gasteiger partial charge in [0.15, 0.2) is 0 Å². The number of para-hydroxylation sites is 1. The van der Waals surface area contributed by atoms with Gasteiger partial charge >= 0.3 is 0 Å². The van der Waals surface area contributed by atoms with E-state index in [9.17, 15) is 0 Å². The van der Waals surface area contributed by atoms with Gasteiger partial charge in [-0.25, -0.2) is 0 Å². The van der Waals surface area contributed by atoms with Crippen molar-refractivity contribution in [2.24, 2.45) is 0 Å². The molecule has 1 aromatic heterocycles. The van der Waals surface area contributed by atoms with Crippen LogP contribution in [0.5, 0.6) is 0 Å². The van der Waals surface area contributed by atoms with Crippen molar-refractivity contribution in [1.29, 1.82) is 0 Å². The number of rotatable bonds is 10. The van der Waals surface area contributed by atoms with Crippen molar-refractivity contribution in [2.75, 3.05) is 0 Å². The predicted octanol–water partition coefficient (Wildman–Crippen LogP) is 22.1. The SMILES string of the molecule is Cc1ccc2c(c1)C(c1ccccc1)(c1ccccc1)c1cc(-c3ccc4c(c3)C(c3ccccc3)(c3ccccc3)c3cc(-c5ccc(C=Cc6ccc(-c7ccc8c(c7)c7ccccc7n8-c7ccc8ccccc8c7)cc6)cc5)ccc3-4)ccc1-2. The zero-order chi connectivity index (χ0) is 58.3. The van der Waals surface area contributed by atoms with Crippen LogP contribution in [0.4, 0.5) is 0 Å². The maximum Gasteiger partial charge on any atom is 0.0713 e. The van der Waals surface area contributed by atoms with E-state index in [1.165, 1.54) is 144 Å². The van der Waals surface area contributed by atoms with Gasteiger partial charge < -0.3 is 4.57 Å². The van der Waals surface area contributed by atoms with E-state index < -0.39 is 10.8 Å². The number of hydrogen-bond donors (Lipinski definition) is 0. The molecule has 0 unspecified atom stereocenters. The molecule has 0 spiro atoms.